The van der Waals surface area contributed by atoms with E-state index in [-0.39, 0.29) is 0 Å². The highest BCUT2D eigenvalue weighted by Gasteiger charge is 2.43. The summed E-state index contributed by atoms with van der Waals surface area (Å²) in [5.74, 6) is 3.16. The van der Waals surface area contributed by atoms with Crippen molar-refractivity contribution < 1.29 is 0 Å². The van der Waals surface area contributed by atoms with Gasteiger partial charge in [-0.3, -0.25) is 4.90 Å². The van der Waals surface area contributed by atoms with Gasteiger partial charge in [0.1, 0.15) is 0 Å². The zero-order valence-electron chi connectivity index (χ0n) is 14.7. The molecule has 2 bridgehead atoms. The fraction of sp³-hybridized carbons (Fsp3) is 1.00. The molecule has 2 nitrogen and oxygen atoms in total. The molecule has 1 heterocycles. The van der Waals surface area contributed by atoms with Crippen molar-refractivity contribution in [2.24, 2.45) is 23.2 Å². The molecule has 5 unspecified atom stereocenters. The third kappa shape index (κ3) is 3.47. The SMILES string of the molecule is CCCC1CN(CC2CC3CCC2C3)C(C(C)(C)C)CN1. The number of hydrogen-bond acceptors (Lipinski definition) is 2. The van der Waals surface area contributed by atoms with E-state index in [1.807, 2.05) is 0 Å². The normalized spacial score (nSPS) is 40.9. The third-order valence-corrected chi connectivity index (χ3v) is 6.49. The van der Waals surface area contributed by atoms with Crippen LogP contribution in [0.5, 0.6) is 0 Å². The number of nitrogens with zero attached hydrogens (tertiary/aromatic N) is 1. The van der Waals surface area contributed by atoms with Crippen LogP contribution in [0.2, 0.25) is 0 Å². The van der Waals surface area contributed by atoms with E-state index in [4.69, 9.17) is 0 Å². The molecule has 0 radical (unpaired) electrons. The van der Waals surface area contributed by atoms with Crippen LogP contribution in [0.15, 0.2) is 0 Å². The Bertz CT molecular complexity index is 346. The maximum absolute atomic E-state index is 3.82. The van der Waals surface area contributed by atoms with Crippen LogP contribution < -0.4 is 5.32 Å². The lowest BCUT2D eigenvalue weighted by molar-refractivity contribution is 0.0335. The molecule has 0 aromatic carbocycles. The molecule has 21 heavy (non-hydrogen) atoms. The van der Waals surface area contributed by atoms with Gasteiger partial charge >= 0.3 is 0 Å². The van der Waals surface area contributed by atoms with Gasteiger partial charge in [0.15, 0.2) is 0 Å². The van der Waals surface area contributed by atoms with E-state index in [0.29, 0.717) is 11.5 Å². The van der Waals surface area contributed by atoms with Gasteiger partial charge in [-0.2, -0.15) is 0 Å². The first-order chi connectivity index (χ1) is 9.97. The van der Waals surface area contributed by atoms with Gasteiger partial charge < -0.3 is 5.32 Å². The van der Waals surface area contributed by atoms with Crippen molar-refractivity contribution in [3.05, 3.63) is 0 Å². The highest BCUT2D eigenvalue weighted by Crippen LogP contribution is 2.49. The molecule has 3 fully saturated rings. The van der Waals surface area contributed by atoms with Crippen molar-refractivity contribution in [2.75, 3.05) is 19.6 Å². The molecule has 1 saturated heterocycles. The van der Waals surface area contributed by atoms with Gasteiger partial charge in [-0.15, -0.1) is 0 Å². The number of piperazine rings is 1. The lowest BCUT2D eigenvalue weighted by Crippen LogP contribution is -2.61. The predicted molar refractivity (Wildman–Crippen MR) is 90.5 cm³/mol. The Labute approximate surface area is 132 Å². The largest absolute Gasteiger partial charge is 0.311 e. The summed E-state index contributed by atoms with van der Waals surface area (Å²) in [7, 11) is 0. The van der Waals surface area contributed by atoms with E-state index in [1.54, 1.807) is 6.42 Å². The Morgan fingerprint density at radius 3 is 2.52 bits per heavy atom. The van der Waals surface area contributed by atoms with Crippen LogP contribution in [0.3, 0.4) is 0 Å². The van der Waals surface area contributed by atoms with Crippen molar-refractivity contribution in [3.63, 3.8) is 0 Å². The minimum absolute atomic E-state index is 0.391. The van der Waals surface area contributed by atoms with Gasteiger partial charge in [0.05, 0.1) is 0 Å². The molecule has 0 aromatic heterocycles. The molecule has 2 heteroatoms. The molecular weight excluding hydrogens is 256 g/mol. The summed E-state index contributed by atoms with van der Waals surface area (Å²) in [6.07, 6.45) is 8.78. The van der Waals surface area contributed by atoms with E-state index in [2.05, 4.69) is 37.9 Å². The second kappa shape index (κ2) is 6.20. The summed E-state index contributed by atoms with van der Waals surface area (Å²) < 4.78 is 0. The molecule has 1 N–H and O–H groups in total. The number of nitrogens with one attached hydrogen (secondary N) is 1. The van der Waals surface area contributed by atoms with Crippen molar-refractivity contribution in [2.45, 2.75) is 78.3 Å². The minimum Gasteiger partial charge on any atom is -0.311 e. The summed E-state index contributed by atoms with van der Waals surface area (Å²) in [6.45, 7) is 13.4. The Morgan fingerprint density at radius 1 is 1.14 bits per heavy atom. The van der Waals surface area contributed by atoms with E-state index < -0.39 is 0 Å². The van der Waals surface area contributed by atoms with Crippen LogP contribution in [0.1, 0.15) is 66.2 Å². The molecule has 3 rings (SSSR count). The molecular formula is C19H36N2. The zero-order valence-corrected chi connectivity index (χ0v) is 14.7. The summed E-state index contributed by atoms with van der Waals surface area (Å²) in [4.78, 5) is 2.88. The first-order valence-corrected chi connectivity index (χ1v) is 9.44. The minimum atomic E-state index is 0.391. The summed E-state index contributed by atoms with van der Waals surface area (Å²) in [5, 5.41) is 3.82. The van der Waals surface area contributed by atoms with Crippen molar-refractivity contribution >= 4 is 0 Å². The smallest absolute Gasteiger partial charge is 0.0269 e. The average Bonchev–Trinajstić information content (AvgIpc) is 3.00. The Morgan fingerprint density at radius 2 is 1.95 bits per heavy atom. The highest BCUT2D eigenvalue weighted by molar-refractivity contribution is 4.96. The molecule has 2 aliphatic carbocycles. The Kier molecular flexibility index (Phi) is 4.66. The van der Waals surface area contributed by atoms with E-state index in [1.165, 1.54) is 51.7 Å². The quantitative estimate of drug-likeness (QED) is 0.845. The number of hydrogen-bond donors (Lipinski definition) is 1. The van der Waals surface area contributed by atoms with Crippen LogP contribution in [-0.4, -0.2) is 36.6 Å². The number of fused-ring (bicyclic) bond motifs is 2. The molecule has 122 valence electrons. The van der Waals surface area contributed by atoms with Gasteiger partial charge in [0.25, 0.3) is 0 Å². The van der Waals surface area contributed by atoms with E-state index >= 15 is 0 Å². The second-order valence-electron chi connectivity index (χ2n) is 9.16. The monoisotopic (exact) mass is 292 g/mol. The molecule has 1 aliphatic heterocycles. The van der Waals surface area contributed by atoms with Crippen molar-refractivity contribution in [1.29, 1.82) is 0 Å². The van der Waals surface area contributed by atoms with Crippen molar-refractivity contribution in [1.82, 2.24) is 10.2 Å². The predicted octanol–water partition coefficient (Wildman–Crippen LogP) is 3.91. The molecule has 2 saturated carbocycles. The maximum Gasteiger partial charge on any atom is 0.0269 e. The lowest BCUT2D eigenvalue weighted by atomic mass is 9.81. The number of rotatable bonds is 4. The van der Waals surface area contributed by atoms with E-state index in [0.717, 1.165) is 23.8 Å². The molecule has 0 amide bonds. The van der Waals surface area contributed by atoms with Gasteiger partial charge in [-0.25, -0.2) is 0 Å². The molecule has 3 aliphatic rings. The lowest BCUT2D eigenvalue weighted by Gasteiger charge is -2.48. The Balaban J connectivity index is 1.65. The van der Waals surface area contributed by atoms with Crippen LogP contribution in [0.4, 0.5) is 0 Å². The van der Waals surface area contributed by atoms with Gasteiger partial charge in [-0.05, 0) is 48.9 Å². The fourth-order valence-corrected chi connectivity index (χ4v) is 5.38. The molecule has 0 aromatic rings. The van der Waals surface area contributed by atoms with Crippen LogP contribution in [0, 0.1) is 23.2 Å². The topological polar surface area (TPSA) is 15.3 Å². The van der Waals surface area contributed by atoms with Gasteiger partial charge in [0, 0.05) is 31.7 Å². The third-order valence-electron chi connectivity index (χ3n) is 6.49. The van der Waals surface area contributed by atoms with Crippen molar-refractivity contribution in [3.8, 4) is 0 Å². The molecule has 5 atom stereocenters. The summed E-state index contributed by atoms with van der Waals surface area (Å²) in [5.41, 5.74) is 0.391. The van der Waals surface area contributed by atoms with Crippen LogP contribution in [-0.2, 0) is 0 Å². The standard InChI is InChI=1S/C19H36N2/c1-5-6-17-13-21(18(11-20-17)19(2,3)4)12-16-10-14-7-8-15(16)9-14/h14-18,20H,5-13H2,1-4H3. The van der Waals surface area contributed by atoms with Crippen LogP contribution >= 0.6 is 0 Å². The first-order valence-electron chi connectivity index (χ1n) is 9.44. The summed E-state index contributed by atoms with van der Waals surface area (Å²) in [6, 6.07) is 1.44. The first kappa shape index (κ1) is 15.8. The average molecular weight is 293 g/mol. The van der Waals surface area contributed by atoms with E-state index in [9.17, 15) is 0 Å². The summed E-state index contributed by atoms with van der Waals surface area (Å²) >= 11 is 0. The zero-order chi connectivity index (χ0) is 15.0. The van der Waals surface area contributed by atoms with Gasteiger partial charge in [-0.1, -0.05) is 40.5 Å². The van der Waals surface area contributed by atoms with Gasteiger partial charge in [0.2, 0.25) is 0 Å². The fourth-order valence-electron chi connectivity index (χ4n) is 5.38. The molecule has 0 spiro atoms. The highest BCUT2D eigenvalue weighted by atomic mass is 15.2. The second-order valence-corrected chi connectivity index (χ2v) is 9.16. The maximum atomic E-state index is 3.82. The van der Waals surface area contributed by atoms with Crippen LogP contribution in [0.25, 0.3) is 0 Å². The Hall–Kier alpha value is -0.0800.